The van der Waals surface area contributed by atoms with Crippen LogP contribution >= 0.6 is 22.9 Å². The van der Waals surface area contributed by atoms with E-state index in [4.69, 9.17) is 17.3 Å². The van der Waals surface area contributed by atoms with Crippen molar-refractivity contribution in [1.29, 1.82) is 0 Å². The molecular formula is C20H22ClN3O4S2. The molecule has 2 aliphatic rings. The van der Waals surface area contributed by atoms with E-state index < -0.39 is 21.8 Å². The fourth-order valence-electron chi connectivity index (χ4n) is 4.10. The summed E-state index contributed by atoms with van der Waals surface area (Å²) in [7, 11) is -3.71. The van der Waals surface area contributed by atoms with E-state index in [1.54, 1.807) is 0 Å². The van der Waals surface area contributed by atoms with Crippen LogP contribution in [0.15, 0.2) is 29.2 Å². The summed E-state index contributed by atoms with van der Waals surface area (Å²) in [5.41, 5.74) is 6.91. The first-order valence-corrected chi connectivity index (χ1v) is 12.4. The number of piperidine rings is 1. The minimum Gasteiger partial charge on any atom is -0.365 e. The monoisotopic (exact) mass is 467 g/mol. The van der Waals surface area contributed by atoms with E-state index in [0.29, 0.717) is 35.0 Å². The molecule has 1 aromatic carbocycles. The van der Waals surface area contributed by atoms with Gasteiger partial charge in [-0.1, -0.05) is 11.6 Å². The number of aryl methyl sites for hydroxylation is 1. The van der Waals surface area contributed by atoms with E-state index in [9.17, 15) is 18.0 Å². The number of nitrogens with zero attached hydrogens (tertiary/aromatic N) is 1. The Balaban J connectivity index is 1.51. The van der Waals surface area contributed by atoms with Gasteiger partial charge in [-0.2, -0.15) is 4.31 Å². The number of primary amides is 1. The van der Waals surface area contributed by atoms with Crippen LogP contribution < -0.4 is 11.1 Å². The number of hydrogen-bond acceptors (Lipinski definition) is 5. The smallest absolute Gasteiger partial charge is 0.251 e. The van der Waals surface area contributed by atoms with Crippen LogP contribution in [0.3, 0.4) is 0 Å². The normalized spacial score (nSPS) is 19.4. The van der Waals surface area contributed by atoms with E-state index in [0.717, 1.165) is 29.7 Å². The lowest BCUT2D eigenvalue weighted by Crippen LogP contribution is -2.43. The number of benzene rings is 1. The molecule has 1 atom stereocenters. The van der Waals surface area contributed by atoms with Crippen LogP contribution in [0.25, 0.3) is 0 Å². The molecule has 1 aromatic heterocycles. The largest absolute Gasteiger partial charge is 0.365 e. The number of carbonyl (C=O) groups is 2. The van der Waals surface area contributed by atoms with Crippen molar-refractivity contribution in [3.8, 4) is 0 Å². The van der Waals surface area contributed by atoms with Gasteiger partial charge in [-0.05, 0) is 61.9 Å². The summed E-state index contributed by atoms with van der Waals surface area (Å²) in [6.45, 7) is 0.447. The summed E-state index contributed by atoms with van der Waals surface area (Å²) in [5.74, 6) is -1.33. The number of thiophene rings is 1. The standard InChI is InChI=1S/C20H22ClN3O4S2/c21-13-6-8-14(9-7-13)30(27,28)24-10-2-3-12(11-24)19(26)23-20-17(18(22)25)15-4-1-5-16(15)29-20/h6-9,12H,1-5,10-11H2,(H2,22,25)(H,23,26). The van der Waals surface area contributed by atoms with Crippen molar-refractivity contribution >= 4 is 49.8 Å². The lowest BCUT2D eigenvalue weighted by Gasteiger charge is -2.31. The fraction of sp³-hybridized carbons (Fsp3) is 0.400. The number of amides is 2. The molecule has 1 saturated heterocycles. The molecule has 1 aliphatic heterocycles. The molecule has 160 valence electrons. The number of anilines is 1. The van der Waals surface area contributed by atoms with Crippen molar-refractivity contribution in [1.82, 2.24) is 4.31 Å². The first kappa shape index (κ1) is 21.3. The Labute approximate surface area is 184 Å². The zero-order valence-corrected chi connectivity index (χ0v) is 18.6. The molecule has 0 spiro atoms. The Morgan fingerprint density at radius 3 is 2.60 bits per heavy atom. The summed E-state index contributed by atoms with van der Waals surface area (Å²) in [4.78, 5) is 26.1. The van der Waals surface area contributed by atoms with Crippen LogP contribution in [0.1, 0.15) is 40.1 Å². The first-order valence-electron chi connectivity index (χ1n) is 9.78. The van der Waals surface area contributed by atoms with E-state index in [1.807, 2.05) is 0 Å². The lowest BCUT2D eigenvalue weighted by atomic mass is 9.99. The molecule has 4 rings (SSSR count). The first-order chi connectivity index (χ1) is 14.3. The van der Waals surface area contributed by atoms with Gasteiger partial charge in [-0.25, -0.2) is 8.42 Å². The number of carbonyl (C=O) groups excluding carboxylic acids is 2. The van der Waals surface area contributed by atoms with Gasteiger partial charge < -0.3 is 11.1 Å². The maximum atomic E-state index is 13.0. The molecule has 3 N–H and O–H groups in total. The topological polar surface area (TPSA) is 110 Å². The second kappa shape index (κ2) is 8.30. The van der Waals surface area contributed by atoms with E-state index in [-0.39, 0.29) is 17.3 Å². The maximum absolute atomic E-state index is 13.0. The molecule has 10 heteroatoms. The number of nitrogens with two attached hydrogens (primary N) is 1. The Kier molecular flexibility index (Phi) is 5.89. The molecule has 2 heterocycles. The predicted molar refractivity (Wildman–Crippen MR) is 116 cm³/mol. The molecule has 1 aliphatic carbocycles. The Morgan fingerprint density at radius 1 is 1.17 bits per heavy atom. The van der Waals surface area contributed by atoms with Crippen molar-refractivity contribution < 1.29 is 18.0 Å². The molecule has 1 unspecified atom stereocenters. The second-order valence-electron chi connectivity index (χ2n) is 7.57. The Bertz CT molecular complexity index is 1100. The number of nitrogens with one attached hydrogen (secondary N) is 1. The highest BCUT2D eigenvalue weighted by Crippen LogP contribution is 2.39. The van der Waals surface area contributed by atoms with Gasteiger partial charge in [0.1, 0.15) is 5.00 Å². The number of fused-ring (bicyclic) bond motifs is 1. The highest BCUT2D eigenvalue weighted by molar-refractivity contribution is 7.89. The average molecular weight is 468 g/mol. The van der Waals surface area contributed by atoms with Crippen LogP contribution in [0.4, 0.5) is 5.00 Å². The van der Waals surface area contributed by atoms with Crippen molar-refractivity contribution in [3.63, 3.8) is 0 Å². The number of rotatable bonds is 5. The fourth-order valence-corrected chi connectivity index (χ4v) is 7.04. The second-order valence-corrected chi connectivity index (χ2v) is 11.1. The van der Waals surface area contributed by atoms with Crippen LogP contribution in [0, 0.1) is 5.92 Å². The summed E-state index contributed by atoms with van der Waals surface area (Å²) in [6, 6.07) is 6.00. The van der Waals surface area contributed by atoms with Gasteiger partial charge in [0, 0.05) is 23.0 Å². The molecule has 2 aromatic rings. The van der Waals surface area contributed by atoms with E-state index in [2.05, 4.69) is 5.32 Å². The summed E-state index contributed by atoms with van der Waals surface area (Å²) in [5, 5.41) is 3.79. The van der Waals surface area contributed by atoms with Gasteiger partial charge in [0.2, 0.25) is 15.9 Å². The minimum atomic E-state index is -3.71. The lowest BCUT2D eigenvalue weighted by molar-refractivity contribution is -0.120. The highest BCUT2D eigenvalue weighted by atomic mass is 35.5. The quantitative estimate of drug-likeness (QED) is 0.704. The molecule has 7 nitrogen and oxygen atoms in total. The number of sulfonamides is 1. The predicted octanol–water partition coefficient (Wildman–Crippen LogP) is 3.03. The summed E-state index contributed by atoms with van der Waals surface area (Å²) >= 11 is 7.26. The third kappa shape index (κ3) is 3.99. The highest BCUT2D eigenvalue weighted by Gasteiger charge is 2.34. The molecule has 1 fully saturated rings. The van der Waals surface area contributed by atoms with Crippen molar-refractivity contribution in [2.45, 2.75) is 37.0 Å². The maximum Gasteiger partial charge on any atom is 0.251 e. The Hall–Kier alpha value is -1.94. The van der Waals surface area contributed by atoms with Gasteiger partial charge >= 0.3 is 0 Å². The zero-order chi connectivity index (χ0) is 21.5. The molecule has 0 radical (unpaired) electrons. The molecule has 2 amide bonds. The van der Waals surface area contributed by atoms with Gasteiger partial charge in [0.05, 0.1) is 16.4 Å². The third-order valence-electron chi connectivity index (χ3n) is 5.61. The molecular weight excluding hydrogens is 446 g/mol. The molecule has 0 bridgehead atoms. The Morgan fingerprint density at radius 2 is 1.90 bits per heavy atom. The zero-order valence-electron chi connectivity index (χ0n) is 16.2. The van der Waals surface area contributed by atoms with Crippen molar-refractivity contribution in [2.24, 2.45) is 11.7 Å². The number of halogens is 1. The SMILES string of the molecule is NC(=O)c1c(NC(=O)C2CCCN(S(=O)(=O)c3ccc(Cl)cc3)C2)sc2c1CCC2. The summed E-state index contributed by atoms with van der Waals surface area (Å²) < 4.78 is 27.3. The van der Waals surface area contributed by atoms with Crippen molar-refractivity contribution in [2.75, 3.05) is 18.4 Å². The van der Waals surface area contributed by atoms with Gasteiger partial charge in [0.25, 0.3) is 5.91 Å². The van der Waals surface area contributed by atoms with Gasteiger partial charge in [0.15, 0.2) is 0 Å². The minimum absolute atomic E-state index is 0.0911. The van der Waals surface area contributed by atoms with E-state index in [1.165, 1.54) is 39.9 Å². The van der Waals surface area contributed by atoms with Crippen LogP contribution in [0.5, 0.6) is 0 Å². The van der Waals surface area contributed by atoms with Gasteiger partial charge in [-0.3, -0.25) is 9.59 Å². The van der Waals surface area contributed by atoms with Crippen molar-refractivity contribution in [3.05, 3.63) is 45.3 Å². The average Bonchev–Trinajstić information content (AvgIpc) is 3.29. The van der Waals surface area contributed by atoms with Crippen LogP contribution in [-0.2, 0) is 27.7 Å². The number of hydrogen-bond donors (Lipinski definition) is 2. The van der Waals surface area contributed by atoms with Gasteiger partial charge in [-0.15, -0.1) is 11.3 Å². The van der Waals surface area contributed by atoms with Crippen LogP contribution in [-0.4, -0.2) is 37.6 Å². The van der Waals surface area contributed by atoms with Crippen LogP contribution in [0.2, 0.25) is 5.02 Å². The molecule has 30 heavy (non-hydrogen) atoms. The van der Waals surface area contributed by atoms with E-state index >= 15 is 0 Å². The third-order valence-corrected chi connectivity index (χ3v) is 8.95. The molecule has 0 saturated carbocycles. The summed E-state index contributed by atoms with van der Waals surface area (Å²) in [6.07, 6.45) is 3.81.